The molecule has 0 aliphatic heterocycles. The van der Waals surface area contributed by atoms with Crippen molar-refractivity contribution in [2.24, 2.45) is 0 Å². The van der Waals surface area contributed by atoms with Crippen LogP contribution >= 0.6 is 0 Å². The van der Waals surface area contributed by atoms with Gasteiger partial charge in [-0.3, -0.25) is 4.79 Å². The largest absolute Gasteiger partial charge is 0.496 e. The molecule has 0 N–H and O–H groups in total. The van der Waals surface area contributed by atoms with Crippen molar-refractivity contribution in [3.8, 4) is 17.2 Å². The Morgan fingerprint density at radius 1 is 0.944 bits per heavy atom. The van der Waals surface area contributed by atoms with E-state index in [-0.39, 0.29) is 36.4 Å². The van der Waals surface area contributed by atoms with E-state index in [2.05, 4.69) is 0 Å². The van der Waals surface area contributed by atoms with E-state index in [1.54, 1.807) is 36.4 Å². The summed E-state index contributed by atoms with van der Waals surface area (Å²) in [4.78, 5) is 13.4. The second-order valence-electron chi connectivity index (χ2n) is 8.36. The Morgan fingerprint density at radius 2 is 1.58 bits per heavy atom. The first-order valence-corrected chi connectivity index (χ1v) is 13.3. The zero-order chi connectivity index (χ0) is 26.7. The number of carbonyl (C=O) groups excluding carboxylic acids is 1. The third-order valence-corrected chi connectivity index (χ3v) is 5.83. The zero-order valence-corrected chi connectivity index (χ0v) is 22.4. The highest BCUT2D eigenvalue weighted by Gasteiger charge is 2.25. The first-order valence-electron chi connectivity index (χ1n) is 11.2. The van der Waals surface area contributed by atoms with Crippen LogP contribution in [0.25, 0.3) is 6.08 Å². The zero-order valence-electron chi connectivity index (χ0n) is 21.6. The Bertz CT molecular complexity index is 1190. The Labute approximate surface area is 213 Å². The first kappa shape index (κ1) is 29.1. The van der Waals surface area contributed by atoms with E-state index in [1.807, 2.05) is 19.9 Å². The van der Waals surface area contributed by atoms with Gasteiger partial charge in [-0.25, -0.2) is 8.42 Å². The van der Waals surface area contributed by atoms with Crippen LogP contribution < -0.4 is 14.2 Å². The molecule has 0 heterocycles. The number of ketones is 1. The number of sulfone groups is 1. The van der Waals surface area contributed by atoms with E-state index in [4.69, 9.17) is 23.7 Å². The minimum atomic E-state index is -3.13. The number of carbonyl (C=O) groups is 1. The van der Waals surface area contributed by atoms with E-state index in [9.17, 15) is 13.2 Å². The van der Waals surface area contributed by atoms with Gasteiger partial charge >= 0.3 is 0 Å². The molecular formula is C27H34O8S. The molecule has 0 aromatic heterocycles. The maximum Gasteiger partial charge on any atom is 0.193 e. The average Bonchev–Trinajstić information content (AvgIpc) is 2.82. The summed E-state index contributed by atoms with van der Waals surface area (Å²) in [5, 5.41) is 0. The quantitative estimate of drug-likeness (QED) is 0.155. The molecule has 36 heavy (non-hydrogen) atoms. The predicted octanol–water partition coefficient (Wildman–Crippen LogP) is 4.61. The van der Waals surface area contributed by atoms with Crippen LogP contribution in [0, 0.1) is 0 Å². The van der Waals surface area contributed by atoms with Crippen molar-refractivity contribution in [2.45, 2.75) is 26.0 Å². The third-order valence-electron chi connectivity index (χ3n) is 4.98. The normalized spacial score (nSPS) is 11.4. The summed E-state index contributed by atoms with van der Waals surface area (Å²) < 4.78 is 50.4. The van der Waals surface area contributed by atoms with Crippen molar-refractivity contribution in [3.05, 3.63) is 70.3 Å². The van der Waals surface area contributed by atoms with Crippen molar-refractivity contribution in [1.29, 1.82) is 0 Å². The SMILES string of the molecule is COCOc1cc(OC)c(C(=O)/C=C/c2ccc(CS(C)(=O)=O)cc2)c(OCOC)c1CC=C(C)C. The predicted molar refractivity (Wildman–Crippen MR) is 139 cm³/mol. The van der Waals surface area contributed by atoms with Gasteiger partial charge in [-0.2, -0.15) is 0 Å². The van der Waals surface area contributed by atoms with Crippen molar-refractivity contribution >= 4 is 21.7 Å². The summed E-state index contributed by atoms with van der Waals surface area (Å²) in [6.45, 7) is 3.89. The average molecular weight is 519 g/mol. The molecule has 2 rings (SSSR count). The second-order valence-corrected chi connectivity index (χ2v) is 10.5. The minimum absolute atomic E-state index is 0.0111. The highest BCUT2D eigenvalue weighted by Crippen LogP contribution is 2.41. The van der Waals surface area contributed by atoms with Gasteiger partial charge in [-0.15, -0.1) is 0 Å². The lowest BCUT2D eigenvalue weighted by atomic mass is 9.98. The number of hydrogen-bond acceptors (Lipinski definition) is 8. The van der Waals surface area contributed by atoms with Gasteiger partial charge in [0, 0.05) is 32.1 Å². The highest BCUT2D eigenvalue weighted by atomic mass is 32.2. The number of benzene rings is 2. The summed E-state index contributed by atoms with van der Waals surface area (Å²) in [6.07, 6.45) is 6.72. The molecule has 0 spiro atoms. The maximum absolute atomic E-state index is 13.4. The van der Waals surface area contributed by atoms with E-state index >= 15 is 0 Å². The van der Waals surface area contributed by atoms with Crippen LogP contribution in [0.5, 0.6) is 17.2 Å². The molecule has 2 aromatic carbocycles. The Balaban J connectivity index is 2.52. The van der Waals surface area contributed by atoms with Gasteiger partial charge in [0.25, 0.3) is 0 Å². The van der Waals surface area contributed by atoms with Gasteiger partial charge in [-0.1, -0.05) is 42.0 Å². The van der Waals surface area contributed by atoms with Crippen molar-refractivity contribution < 1.29 is 36.9 Å². The lowest BCUT2D eigenvalue weighted by Gasteiger charge is -2.20. The maximum atomic E-state index is 13.4. The molecule has 0 atom stereocenters. The van der Waals surface area contributed by atoms with Gasteiger partial charge in [0.1, 0.15) is 22.8 Å². The molecule has 0 saturated heterocycles. The molecule has 0 amide bonds. The highest BCUT2D eigenvalue weighted by molar-refractivity contribution is 7.89. The molecule has 0 bridgehead atoms. The molecule has 8 nitrogen and oxygen atoms in total. The monoisotopic (exact) mass is 518 g/mol. The Morgan fingerprint density at radius 3 is 2.14 bits per heavy atom. The lowest BCUT2D eigenvalue weighted by Crippen LogP contribution is -2.12. The molecule has 0 radical (unpaired) electrons. The number of rotatable bonds is 14. The smallest absolute Gasteiger partial charge is 0.193 e. The van der Waals surface area contributed by atoms with Gasteiger partial charge in [0.05, 0.1) is 12.9 Å². The molecule has 0 fully saturated rings. The van der Waals surface area contributed by atoms with E-state index < -0.39 is 9.84 Å². The molecule has 9 heteroatoms. The topological polar surface area (TPSA) is 97.4 Å². The van der Waals surface area contributed by atoms with Crippen LogP contribution in [0.1, 0.15) is 40.9 Å². The fraction of sp³-hybridized carbons (Fsp3) is 0.370. The van der Waals surface area contributed by atoms with E-state index in [1.165, 1.54) is 33.7 Å². The summed E-state index contributed by atoms with van der Waals surface area (Å²) in [7, 11) is 1.35. The summed E-state index contributed by atoms with van der Waals surface area (Å²) in [5.41, 5.74) is 3.40. The fourth-order valence-corrected chi connectivity index (χ4v) is 4.16. The van der Waals surface area contributed by atoms with Crippen LogP contribution in [-0.4, -0.2) is 55.4 Å². The number of allylic oxidation sites excluding steroid dienone is 3. The summed E-state index contributed by atoms with van der Waals surface area (Å²) in [6, 6.07) is 8.60. The lowest BCUT2D eigenvalue weighted by molar-refractivity contribution is 0.0441. The molecule has 2 aromatic rings. The minimum Gasteiger partial charge on any atom is -0.496 e. The standard InChI is InChI=1S/C27H34O8S/c1-19(2)7-13-22-24(34-17-31-3)15-25(33-5)26(27(22)35-18-32-4)23(28)14-12-20-8-10-21(11-9-20)16-36(6,29)30/h7-12,14-15H,13,16-18H2,1-6H3/b14-12+. The van der Waals surface area contributed by atoms with Crippen molar-refractivity contribution in [1.82, 2.24) is 0 Å². The second kappa shape index (κ2) is 13.8. The van der Waals surface area contributed by atoms with Crippen LogP contribution in [0.2, 0.25) is 0 Å². The molecule has 0 aliphatic carbocycles. The number of methoxy groups -OCH3 is 3. The molecule has 0 saturated carbocycles. The van der Waals surface area contributed by atoms with Gasteiger partial charge in [0.2, 0.25) is 0 Å². The molecule has 0 aliphatic rings. The van der Waals surface area contributed by atoms with Crippen LogP contribution in [-0.2, 0) is 31.5 Å². The van der Waals surface area contributed by atoms with Gasteiger partial charge < -0.3 is 23.7 Å². The Hall–Kier alpha value is -3.14. The number of ether oxygens (including phenoxy) is 5. The van der Waals surface area contributed by atoms with Gasteiger partial charge in [0.15, 0.2) is 29.2 Å². The third kappa shape index (κ3) is 8.82. The van der Waals surface area contributed by atoms with Crippen LogP contribution in [0.4, 0.5) is 0 Å². The fourth-order valence-electron chi connectivity index (χ4n) is 3.36. The van der Waals surface area contributed by atoms with Crippen molar-refractivity contribution in [3.63, 3.8) is 0 Å². The van der Waals surface area contributed by atoms with Crippen LogP contribution in [0.3, 0.4) is 0 Å². The summed E-state index contributed by atoms with van der Waals surface area (Å²) >= 11 is 0. The number of hydrogen-bond donors (Lipinski definition) is 0. The molecule has 196 valence electrons. The molecular weight excluding hydrogens is 484 g/mol. The van der Waals surface area contributed by atoms with Gasteiger partial charge in [-0.05, 0) is 37.5 Å². The van der Waals surface area contributed by atoms with E-state index in [0.29, 0.717) is 29.0 Å². The first-order chi connectivity index (χ1) is 17.1. The van der Waals surface area contributed by atoms with Crippen molar-refractivity contribution in [2.75, 3.05) is 41.2 Å². The molecule has 0 unspecified atom stereocenters. The Kier molecular flexibility index (Phi) is 11.2. The summed E-state index contributed by atoms with van der Waals surface area (Å²) in [5.74, 6) is 0.678. The van der Waals surface area contributed by atoms with Crippen LogP contribution in [0.15, 0.2) is 48.1 Å². The van der Waals surface area contributed by atoms with E-state index in [0.717, 1.165) is 11.1 Å².